The molecule has 0 aliphatic carbocycles. The third-order valence-corrected chi connectivity index (χ3v) is 4.06. The highest BCUT2D eigenvalue weighted by Gasteiger charge is 2.33. The minimum absolute atomic E-state index is 0.153. The first-order chi connectivity index (χ1) is 13.2. The molecule has 1 aromatic carbocycles. The lowest BCUT2D eigenvalue weighted by Crippen LogP contribution is -2.45. The fourth-order valence-corrected chi connectivity index (χ4v) is 2.52. The molecule has 2 heterocycles. The molecule has 2 aromatic rings. The van der Waals surface area contributed by atoms with Crippen LogP contribution in [0.4, 0.5) is 23.2 Å². The van der Waals surface area contributed by atoms with Gasteiger partial charge in [0.05, 0.1) is 32.2 Å². The molecule has 28 heavy (non-hydrogen) atoms. The second-order valence-corrected chi connectivity index (χ2v) is 6.70. The summed E-state index contributed by atoms with van der Waals surface area (Å²) in [5.74, 6) is 0.190. The lowest BCUT2D eigenvalue weighted by molar-refractivity contribution is -0.159. The van der Waals surface area contributed by atoms with Crippen LogP contribution in [-0.4, -0.2) is 49.7 Å². The monoisotopic (exact) mass is 402 g/mol. The van der Waals surface area contributed by atoms with E-state index >= 15 is 0 Å². The molecule has 5 nitrogen and oxygen atoms in total. The number of pyridine rings is 1. The molecule has 2 N–H and O–H groups in total. The molecule has 1 aliphatic rings. The van der Waals surface area contributed by atoms with Crippen molar-refractivity contribution in [1.82, 2.24) is 4.98 Å². The number of ether oxygens (including phenoxy) is 2. The van der Waals surface area contributed by atoms with Crippen molar-refractivity contribution in [3.05, 3.63) is 42.5 Å². The number of aromatic nitrogens is 1. The van der Waals surface area contributed by atoms with Gasteiger partial charge in [-0.05, 0) is 18.2 Å². The highest BCUT2D eigenvalue weighted by atomic mass is 19.4. The molecular formula is C19H22F4N2O3. The van der Waals surface area contributed by atoms with Crippen LogP contribution < -0.4 is 10.1 Å². The van der Waals surface area contributed by atoms with E-state index in [0.717, 1.165) is 36.6 Å². The minimum atomic E-state index is -4.40. The number of aliphatic hydroxyl groups is 1. The van der Waals surface area contributed by atoms with Gasteiger partial charge in [0.25, 0.3) is 0 Å². The van der Waals surface area contributed by atoms with E-state index in [0.29, 0.717) is 5.75 Å². The van der Waals surface area contributed by atoms with Gasteiger partial charge in [-0.2, -0.15) is 13.2 Å². The number of aliphatic hydroxyl groups excluding tert-OH is 1. The molecule has 3 rings (SSSR count). The Labute approximate surface area is 160 Å². The summed E-state index contributed by atoms with van der Waals surface area (Å²) in [5.41, 5.74) is 2.83. The summed E-state index contributed by atoms with van der Waals surface area (Å²) in [6.07, 6.45) is -0.904. The molecule has 9 heteroatoms. The van der Waals surface area contributed by atoms with Crippen molar-refractivity contribution in [3.8, 4) is 16.9 Å². The molecule has 1 saturated heterocycles. The Bertz CT molecular complexity index is 780. The number of benzene rings is 1. The number of hydrogen-bond acceptors (Lipinski definition) is 5. The Morgan fingerprint density at radius 2 is 1.93 bits per heavy atom. The molecule has 154 valence electrons. The zero-order valence-corrected chi connectivity index (χ0v) is 15.5. The number of hydrogen-bond donors (Lipinski definition) is 2. The fourth-order valence-electron chi connectivity index (χ4n) is 2.52. The minimum Gasteiger partial charge on any atom is -0.496 e. The SMILES string of the molecule is COc1cc(F)ccc1-c1ccncc1NCC1(C)COC1.OCC(F)(F)F. The topological polar surface area (TPSA) is 63.6 Å². The molecule has 1 aromatic heterocycles. The molecule has 0 unspecified atom stereocenters. The van der Waals surface area contributed by atoms with Crippen LogP contribution in [0.15, 0.2) is 36.7 Å². The van der Waals surface area contributed by atoms with E-state index < -0.39 is 12.8 Å². The Morgan fingerprint density at radius 1 is 1.25 bits per heavy atom. The van der Waals surface area contributed by atoms with Crippen LogP contribution in [0.3, 0.4) is 0 Å². The van der Waals surface area contributed by atoms with Gasteiger partial charge in [-0.25, -0.2) is 4.39 Å². The van der Waals surface area contributed by atoms with Gasteiger partial charge in [-0.15, -0.1) is 0 Å². The second-order valence-electron chi connectivity index (χ2n) is 6.70. The quantitative estimate of drug-likeness (QED) is 0.743. The maximum absolute atomic E-state index is 13.4. The Kier molecular flexibility index (Phi) is 7.20. The van der Waals surface area contributed by atoms with E-state index in [1.807, 2.05) is 6.07 Å². The molecule has 0 bridgehead atoms. The second kappa shape index (κ2) is 9.20. The summed E-state index contributed by atoms with van der Waals surface area (Å²) in [7, 11) is 1.54. The normalized spacial score (nSPS) is 15.1. The summed E-state index contributed by atoms with van der Waals surface area (Å²) in [5, 5.41) is 10.7. The molecule has 0 saturated carbocycles. The van der Waals surface area contributed by atoms with E-state index in [9.17, 15) is 17.6 Å². The summed E-state index contributed by atoms with van der Waals surface area (Å²) < 4.78 is 55.6. The van der Waals surface area contributed by atoms with Gasteiger partial charge in [-0.3, -0.25) is 4.98 Å². The van der Waals surface area contributed by atoms with Crippen LogP contribution in [0.2, 0.25) is 0 Å². The van der Waals surface area contributed by atoms with Gasteiger partial charge >= 0.3 is 6.18 Å². The third-order valence-electron chi connectivity index (χ3n) is 4.06. The van der Waals surface area contributed by atoms with Gasteiger partial charge in [0.2, 0.25) is 0 Å². The van der Waals surface area contributed by atoms with Crippen LogP contribution >= 0.6 is 0 Å². The van der Waals surface area contributed by atoms with Crippen molar-refractivity contribution >= 4 is 5.69 Å². The lowest BCUT2D eigenvalue weighted by Gasteiger charge is -2.38. The van der Waals surface area contributed by atoms with Gasteiger partial charge in [0.1, 0.15) is 18.2 Å². The van der Waals surface area contributed by atoms with Crippen molar-refractivity contribution in [1.29, 1.82) is 0 Å². The highest BCUT2D eigenvalue weighted by molar-refractivity contribution is 5.81. The van der Waals surface area contributed by atoms with Crippen molar-refractivity contribution in [2.24, 2.45) is 5.41 Å². The smallest absolute Gasteiger partial charge is 0.411 e. The van der Waals surface area contributed by atoms with Crippen LogP contribution in [0.1, 0.15) is 6.92 Å². The maximum atomic E-state index is 13.4. The predicted molar refractivity (Wildman–Crippen MR) is 96.7 cm³/mol. The van der Waals surface area contributed by atoms with Crippen molar-refractivity contribution in [2.45, 2.75) is 13.1 Å². The number of halogens is 4. The zero-order chi connectivity index (χ0) is 20.8. The number of rotatable bonds is 5. The maximum Gasteiger partial charge on any atom is 0.411 e. The van der Waals surface area contributed by atoms with E-state index in [1.54, 1.807) is 25.6 Å². The number of methoxy groups -OCH3 is 1. The third kappa shape index (κ3) is 6.07. The van der Waals surface area contributed by atoms with Crippen molar-refractivity contribution in [2.75, 3.05) is 38.8 Å². The van der Waals surface area contributed by atoms with Gasteiger partial charge < -0.3 is 19.9 Å². The van der Waals surface area contributed by atoms with Gasteiger partial charge in [0, 0.05) is 35.3 Å². The van der Waals surface area contributed by atoms with E-state index in [1.165, 1.54) is 12.1 Å². The van der Waals surface area contributed by atoms with Crippen molar-refractivity contribution < 1.29 is 32.1 Å². The molecular weight excluding hydrogens is 380 g/mol. The highest BCUT2D eigenvalue weighted by Crippen LogP contribution is 2.36. The van der Waals surface area contributed by atoms with Gasteiger partial charge in [-0.1, -0.05) is 6.92 Å². The molecule has 1 fully saturated rings. The molecule has 0 amide bonds. The van der Waals surface area contributed by atoms with E-state index in [-0.39, 0.29) is 11.2 Å². The molecule has 0 spiro atoms. The van der Waals surface area contributed by atoms with Gasteiger partial charge in [0.15, 0.2) is 0 Å². The molecule has 0 radical (unpaired) electrons. The van der Waals surface area contributed by atoms with Crippen LogP contribution in [0, 0.1) is 11.2 Å². The summed E-state index contributed by atoms with van der Waals surface area (Å²) in [4.78, 5) is 4.18. The first-order valence-electron chi connectivity index (χ1n) is 8.44. The standard InChI is InChI=1S/C17H19FN2O2.C2H3F3O/c1-17(10-22-11-17)9-20-15-8-19-6-5-13(15)14-4-3-12(18)7-16(14)21-2;3-2(4,5)1-6/h3-8,20H,9-11H2,1-2H3;6H,1H2. The summed E-state index contributed by atoms with van der Waals surface area (Å²) in [6, 6.07) is 6.45. The average molecular weight is 402 g/mol. The first kappa shape index (κ1) is 21.9. The molecule has 0 atom stereocenters. The number of nitrogens with one attached hydrogen (secondary N) is 1. The molecule has 1 aliphatic heterocycles. The Balaban J connectivity index is 0.000000409. The Hall–Kier alpha value is -2.39. The van der Waals surface area contributed by atoms with Crippen LogP contribution in [0.25, 0.3) is 11.1 Å². The van der Waals surface area contributed by atoms with Crippen LogP contribution in [-0.2, 0) is 4.74 Å². The number of anilines is 1. The summed E-state index contributed by atoms with van der Waals surface area (Å²) >= 11 is 0. The average Bonchev–Trinajstić information content (AvgIpc) is 2.65. The van der Waals surface area contributed by atoms with E-state index in [2.05, 4.69) is 17.2 Å². The lowest BCUT2D eigenvalue weighted by atomic mass is 9.88. The number of alkyl halides is 3. The predicted octanol–water partition coefficient (Wildman–Crippen LogP) is 3.89. The van der Waals surface area contributed by atoms with Crippen LogP contribution in [0.5, 0.6) is 5.75 Å². The summed E-state index contributed by atoms with van der Waals surface area (Å²) in [6.45, 7) is 2.77. The zero-order valence-electron chi connectivity index (χ0n) is 15.5. The fraction of sp³-hybridized carbons (Fsp3) is 0.421. The largest absolute Gasteiger partial charge is 0.496 e. The van der Waals surface area contributed by atoms with E-state index in [4.69, 9.17) is 14.6 Å². The first-order valence-corrected chi connectivity index (χ1v) is 8.44. The van der Waals surface area contributed by atoms with Crippen molar-refractivity contribution in [3.63, 3.8) is 0 Å². The number of nitrogens with zero attached hydrogens (tertiary/aromatic N) is 1. The Morgan fingerprint density at radius 3 is 2.46 bits per heavy atom.